The highest BCUT2D eigenvalue weighted by Gasteiger charge is 2.20. The number of unbranched alkanes of at least 4 members (excludes halogenated alkanes) is 6. The third-order valence-electron chi connectivity index (χ3n) is 6.62. The van der Waals surface area contributed by atoms with Crippen molar-refractivity contribution >= 4 is 10.9 Å². The van der Waals surface area contributed by atoms with Gasteiger partial charge in [-0.05, 0) is 64.7 Å². The van der Waals surface area contributed by atoms with Crippen LogP contribution in [0.5, 0.6) is 17.2 Å². The van der Waals surface area contributed by atoms with Crippen LogP contribution in [0.25, 0.3) is 10.9 Å². The standard InChI is InChI=1S/C32H49NO4/c1-7-9-11-12-13-14-22-36-31-30(37-23-20-26(5)17-15-16-25(3)4)28-19-18-27(35-6)24-29(28)33(32(31)34)21-10-8-2/h16,18-20,24H,7-15,17,21-23H2,1-6H3/b26-20+. The first-order valence-corrected chi connectivity index (χ1v) is 14.2. The van der Waals surface area contributed by atoms with Gasteiger partial charge in [0.05, 0.1) is 19.2 Å². The van der Waals surface area contributed by atoms with Gasteiger partial charge in [-0.15, -0.1) is 0 Å². The number of aryl methyl sites for hydroxylation is 1. The molecule has 206 valence electrons. The molecule has 0 aliphatic heterocycles. The van der Waals surface area contributed by atoms with Crippen LogP contribution in [-0.4, -0.2) is 24.9 Å². The summed E-state index contributed by atoms with van der Waals surface area (Å²) in [4.78, 5) is 13.7. The molecule has 0 saturated carbocycles. The van der Waals surface area contributed by atoms with Gasteiger partial charge in [0.15, 0.2) is 5.75 Å². The number of allylic oxidation sites excluding steroid dienone is 3. The highest BCUT2D eigenvalue weighted by molar-refractivity contribution is 5.89. The fourth-order valence-corrected chi connectivity index (χ4v) is 4.33. The number of methoxy groups -OCH3 is 1. The first-order chi connectivity index (χ1) is 17.9. The van der Waals surface area contributed by atoms with Crippen LogP contribution in [0.2, 0.25) is 0 Å². The minimum absolute atomic E-state index is 0.126. The predicted molar refractivity (Wildman–Crippen MR) is 156 cm³/mol. The quantitative estimate of drug-likeness (QED) is 0.148. The van der Waals surface area contributed by atoms with Crippen molar-refractivity contribution in [3.05, 3.63) is 51.9 Å². The van der Waals surface area contributed by atoms with Crippen LogP contribution in [0.3, 0.4) is 0 Å². The van der Waals surface area contributed by atoms with E-state index >= 15 is 0 Å². The van der Waals surface area contributed by atoms with Crippen LogP contribution in [-0.2, 0) is 6.54 Å². The minimum atomic E-state index is -0.126. The molecule has 0 atom stereocenters. The summed E-state index contributed by atoms with van der Waals surface area (Å²) in [5.74, 6) is 1.59. The molecule has 2 aromatic rings. The minimum Gasteiger partial charge on any atom is -0.497 e. The molecule has 0 radical (unpaired) electrons. The van der Waals surface area contributed by atoms with E-state index in [2.05, 4.69) is 46.8 Å². The van der Waals surface area contributed by atoms with E-state index in [-0.39, 0.29) is 5.56 Å². The number of fused-ring (bicyclic) bond motifs is 1. The summed E-state index contributed by atoms with van der Waals surface area (Å²) >= 11 is 0. The van der Waals surface area contributed by atoms with E-state index in [9.17, 15) is 4.79 Å². The maximum absolute atomic E-state index is 13.7. The van der Waals surface area contributed by atoms with Gasteiger partial charge in [0.25, 0.3) is 5.56 Å². The monoisotopic (exact) mass is 511 g/mol. The van der Waals surface area contributed by atoms with E-state index in [4.69, 9.17) is 14.2 Å². The van der Waals surface area contributed by atoms with Gasteiger partial charge >= 0.3 is 0 Å². The second-order valence-corrected chi connectivity index (χ2v) is 10.1. The zero-order valence-corrected chi connectivity index (χ0v) is 24.2. The summed E-state index contributed by atoms with van der Waals surface area (Å²) in [6, 6.07) is 5.83. The van der Waals surface area contributed by atoms with Crippen LogP contribution in [0.1, 0.15) is 98.8 Å². The molecule has 2 rings (SSSR count). The Hall–Kier alpha value is -2.69. The van der Waals surface area contributed by atoms with Crippen LogP contribution >= 0.6 is 0 Å². The molecule has 0 amide bonds. The second-order valence-electron chi connectivity index (χ2n) is 10.1. The molecule has 0 aliphatic rings. The topological polar surface area (TPSA) is 49.7 Å². The van der Waals surface area contributed by atoms with Crippen LogP contribution in [0.4, 0.5) is 0 Å². The highest BCUT2D eigenvalue weighted by atomic mass is 16.5. The van der Waals surface area contributed by atoms with Crippen LogP contribution < -0.4 is 19.8 Å². The molecule has 0 unspecified atom stereocenters. The number of nitrogens with zero attached hydrogens (tertiary/aromatic N) is 1. The third-order valence-corrected chi connectivity index (χ3v) is 6.62. The van der Waals surface area contributed by atoms with Gasteiger partial charge in [-0.2, -0.15) is 0 Å². The van der Waals surface area contributed by atoms with Gasteiger partial charge in [0.1, 0.15) is 12.4 Å². The van der Waals surface area contributed by atoms with Crippen molar-refractivity contribution in [1.29, 1.82) is 0 Å². The SMILES string of the molecule is CCCCCCCCOc1c(OC/C=C(\C)CCC=C(C)C)c2ccc(OC)cc2n(CCCC)c1=O. The van der Waals surface area contributed by atoms with Crippen molar-refractivity contribution in [3.63, 3.8) is 0 Å². The lowest BCUT2D eigenvalue weighted by Gasteiger charge is -2.19. The lowest BCUT2D eigenvalue weighted by atomic mass is 10.1. The van der Waals surface area contributed by atoms with Gasteiger partial charge in [-0.1, -0.05) is 69.6 Å². The average molecular weight is 512 g/mol. The van der Waals surface area contributed by atoms with Crippen molar-refractivity contribution in [3.8, 4) is 17.2 Å². The summed E-state index contributed by atoms with van der Waals surface area (Å²) in [6.07, 6.45) is 15.3. The Morgan fingerprint density at radius 2 is 1.62 bits per heavy atom. The van der Waals surface area contributed by atoms with Crippen molar-refractivity contribution in [1.82, 2.24) is 4.57 Å². The van der Waals surface area contributed by atoms with E-state index in [1.807, 2.05) is 22.8 Å². The van der Waals surface area contributed by atoms with Gasteiger partial charge in [-0.3, -0.25) is 4.79 Å². The molecule has 0 N–H and O–H groups in total. The fraction of sp³-hybridized carbons (Fsp3) is 0.594. The molecule has 0 spiro atoms. The summed E-state index contributed by atoms with van der Waals surface area (Å²) in [6.45, 7) is 12.3. The van der Waals surface area contributed by atoms with E-state index in [1.54, 1.807) is 7.11 Å². The Morgan fingerprint density at radius 1 is 0.892 bits per heavy atom. The van der Waals surface area contributed by atoms with Gasteiger partial charge in [0, 0.05) is 18.0 Å². The summed E-state index contributed by atoms with van der Waals surface area (Å²) in [5, 5.41) is 0.880. The highest BCUT2D eigenvalue weighted by Crippen LogP contribution is 2.35. The third kappa shape index (κ3) is 9.94. The second kappa shape index (κ2) is 16.9. The predicted octanol–water partition coefficient (Wildman–Crippen LogP) is 8.62. The van der Waals surface area contributed by atoms with E-state index < -0.39 is 0 Å². The first-order valence-electron chi connectivity index (χ1n) is 14.2. The first kappa shape index (κ1) is 30.5. The number of aromatic nitrogens is 1. The molecule has 1 heterocycles. The average Bonchev–Trinajstić information content (AvgIpc) is 2.88. The molecule has 1 aromatic heterocycles. The van der Waals surface area contributed by atoms with Gasteiger partial charge in [-0.25, -0.2) is 0 Å². The maximum Gasteiger partial charge on any atom is 0.297 e. The summed E-state index contributed by atoms with van der Waals surface area (Å²) in [7, 11) is 1.65. The lowest BCUT2D eigenvalue weighted by molar-refractivity contribution is 0.271. The molecular weight excluding hydrogens is 462 g/mol. The van der Waals surface area contributed by atoms with Crippen molar-refractivity contribution in [2.45, 2.75) is 105 Å². The number of hydrogen-bond acceptors (Lipinski definition) is 4. The normalized spacial score (nSPS) is 11.6. The Morgan fingerprint density at radius 3 is 2.32 bits per heavy atom. The Bertz CT molecular complexity index is 1080. The number of hydrogen-bond donors (Lipinski definition) is 0. The van der Waals surface area contributed by atoms with Crippen LogP contribution in [0, 0.1) is 0 Å². The Kier molecular flexibility index (Phi) is 14.0. The number of pyridine rings is 1. The van der Waals surface area contributed by atoms with E-state index in [1.165, 1.54) is 36.8 Å². The molecule has 37 heavy (non-hydrogen) atoms. The lowest BCUT2D eigenvalue weighted by Crippen LogP contribution is -2.24. The van der Waals surface area contributed by atoms with E-state index in [0.717, 1.165) is 55.2 Å². The van der Waals surface area contributed by atoms with Gasteiger partial charge in [0.2, 0.25) is 5.75 Å². The number of ether oxygens (including phenoxy) is 3. The fourth-order valence-electron chi connectivity index (χ4n) is 4.33. The van der Waals surface area contributed by atoms with Crippen molar-refractivity contribution in [2.24, 2.45) is 0 Å². The van der Waals surface area contributed by atoms with Crippen molar-refractivity contribution < 1.29 is 14.2 Å². The molecule has 0 bridgehead atoms. The number of rotatable bonds is 18. The van der Waals surface area contributed by atoms with Crippen LogP contribution in [0.15, 0.2) is 46.3 Å². The Labute approximate surface area is 224 Å². The zero-order chi connectivity index (χ0) is 27.0. The number of benzene rings is 1. The smallest absolute Gasteiger partial charge is 0.297 e. The largest absolute Gasteiger partial charge is 0.497 e. The molecular formula is C32H49NO4. The zero-order valence-electron chi connectivity index (χ0n) is 24.2. The van der Waals surface area contributed by atoms with Gasteiger partial charge < -0.3 is 18.8 Å². The Balaban J connectivity index is 2.36. The van der Waals surface area contributed by atoms with E-state index in [0.29, 0.717) is 31.3 Å². The van der Waals surface area contributed by atoms with Crippen molar-refractivity contribution in [2.75, 3.05) is 20.3 Å². The molecule has 5 nitrogen and oxygen atoms in total. The summed E-state index contributed by atoms with van der Waals surface area (Å²) < 4.78 is 19.8. The molecule has 0 aliphatic carbocycles. The maximum atomic E-state index is 13.7. The molecule has 5 heteroatoms. The molecule has 0 fully saturated rings. The summed E-state index contributed by atoms with van der Waals surface area (Å²) in [5.41, 5.74) is 3.31. The molecule has 0 saturated heterocycles. The molecule has 1 aromatic carbocycles.